The predicted molar refractivity (Wildman–Crippen MR) is 104 cm³/mol. The molecule has 0 heterocycles. The van der Waals surface area contributed by atoms with Crippen molar-refractivity contribution < 1.29 is 9.72 Å². The molecule has 0 saturated carbocycles. The molecule has 2 aromatic carbocycles. The minimum absolute atomic E-state index is 0.125. The molecule has 26 heavy (non-hydrogen) atoms. The molecule has 9 heteroatoms. The molecule has 0 aliphatic rings. The first-order valence-electron chi connectivity index (χ1n) is 7.54. The van der Waals surface area contributed by atoms with Crippen LogP contribution in [0.5, 0.6) is 0 Å². The van der Waals surface area contributed by atoms with E-state index in [1.54, 1.807) is 0 Å². The molecule has 0 fully saturated rings. The molecule has 6 nitrogen and oxygen atoms in total. The normalized spacial score (nSPS) is 12.3. The Kier molecular flexibility index (Phi) is 6.34. The van der Waals surface area contributed by atoms with Crippen molar-refractivity contribution in [1.82, 2.24) is 5.32 Å². The summed E-state index contributed by atoms with van der Waals surface area (Å²) in [5.41, 5.74) is 2.07. The van der Waals surface area contributed by atoms with E-state index < -0.39 is 20.8 Å². The zero-order valence-electron chi connectivity index (χ0n) is 13.9. The SMILES string of the molecule is Cc1ccc(C)c(NC(NC(=O)c2ccccc2[N+](=O)[O-])C(Cl)(Cl)Cl)c1. The number of aryl methyl sites for hydroxylation is 2. The zero-order chi connectivity index (χ0) is 19.5. The van der Waals surface area contributed by atoms with Crippen LogP contribution in [0, 0.1) is 24.0 Å². The van der Waals surface area contributed by atoms with Crippen molar-refractivity contribution in [2.75, 3.05) is 5.32 Å². The van der Waals surface area contributed by atoms with E-state index in [9.17, 15) is 14.9 Å². The molecule has 1 atom stereocenters. The number of benzene rings is 2. The maximum Gasteiger partial charge on any atom is 0.282 e. The largest absolute Gasteiger partial charge is 0.362 e. The van der Waals surface area contributed by atoms with E-state index in [0.717, 1.165) is 11.1 Å². The van der Waals surface area contributed by atoms with Crippen molar-refractivity contribution in [3.8, 4) is 0 Å². The van der Waals surface area contributed by atoms with Gasteiger partial charge in [0, 0.05) is 11.8 Å². The Morgan fingerprint density at radius 3 is 2.42 bits per heavy atom. The molecule has 2 aromatic rings. The highest BCUT2D eigenvalue weighted by Gasteiger charge is 2.35. The van der Waals surface area contributed by atoms with Gasteiger partial charge >= 0.3 is 0 Å². The first-order chi connectivity index (χ1) is 12.1. The topological polar surface area (TPSA) is 84.3 Å². The second kappa shape index (κ2) is 8.12. The van der Waals surface area contributed by atoms with Crippen molar-refractivity contribution in [3.63, 3.8) is 0 Å². The lowest BCUT2D eigenvalue weighted by atomic mass is 10.1. The van der Waals surface area contributed by atoms with E-state index in [1.807, 2.05) is 32.0 Å². The quantitative estimate of drug-likeness (QED) is 0.319. The highest BCUT2D eigenvalue weighted by Crippen LogP contribution is 2.32. The molecule has 0 radical (unpaired) electrons. The van der Waals surface area contributed by atoms with E-state index in [2.05, 4.69) is 10.6 Å². The number of hydrogen-bond acceptors (Lipinski definition) is 4. The van der Waals surface area contributed by atoms with Crippen molar-refractivity contribution in [3.05, 3.63) is 69.3 Å². The van der Waals surface area contributed by atoms with Crippen LogP contribution in [0.4, 0.5) is 11.4 Å². The summed E-state index contributed by atoms with van der Waals surface area (Å²) in [7, 11) is 0. The van der Waals surface area contributed by atoms with E-state index in [4.69, 9.17) is 34.8 Å². The third kappa shape index (κ3) is 5.00. The highest BCUT2D eigenvalue weighted by molar-refractivity contribution is 6.68. The van der Waals surface area contributed by atoms with Gasteiger partial charge < -0.3 is 10.6 Å². The summed E-state index contributed by atoms with van der Waals surface area (Å²) in [6, 6.07) is 11.2. The van der Waals surface area contributed by atoms with Gasteiger partial charge in [-0.1, -0.05) is 59.1 Å². The number of nitro groups is 1. The fraction of sp³-hybridized carbons (Fsp3) is 0.235. The van der Waals surface area contributed by atoms with Gasteiger partial charge in [-0.2, -0.15) is 0 Å². The lowest BCUT2D eigenvalue weighted by molar-refractivity contribution is -0.385. The molecule has 0 saturated heterocycles. The Morgan fingerprint density at radius 1 is 1.15 bits per heavy atom. The van der Waals surface area contributed by atoms with E-state index in [1.165, 1.54) is 24.3 Å². The summed E-state index contributed by atoms with van der Waals surface area (Å²) in [4.78, 5) is 23.0. The molecule has 0 aliphatic heterocycles. The van der Waals surface area contributed by atoms with Gasteiger partial charge in [-0.25, -0.2) is 0 Å². The van der Waals surface area contributed by atoms with E-state index in [-0.39, 0.29) is 11.3 Å². The summed E-state index contributed by atoms with van der Waals surface area (Å²) < 4.78 is -1.89. The Hall–Kier alpha value is -2.02. The maximum absolute atomic E-state index is 12.5. The molecule has 0 aliphatic carbocycles. The number of anilines is 1. The number of para-hydroxylation sites is 1. The van der Waals surface area contributed by atoms with Gasteiger partial charge in [-0.3, -0.25) is 14.9 Å². The first kappa shape index (κ1) is 20.3. The Bertz CT molecular complexity index is 837. The molecule has 1 unspecified atom stereocenters. The van der Waals surface area contributed by atoms with Gasteiger partial charge in [0.15, 0.2) is 0 Å². The molecule has 0 aromatic heterocycles. The lowest BCUT2D eigenvalue weighted by Crippen LogP contribution is -2.49. The van der Waals surface area contributed by atoms with Gasteiger partial charge in [-0.05, 0) is 37.1 Å². The Morgan fingerprint density at radius 2 is 1.81 bits per heavy atom. The molecule has 0 bridgehead atoms. The summed E-state index contributed by atoms with van der Waals surface area (Å²) in [5.74, 6) is -0.730. The van der Waals surface area contributed by atoms with Crippen LogP contribution in [0.3, 0.4) is 0 Å². The van der Waals surface area contributed by atoms with Gasteiger partial charge in [0.2, 0.25) is 3.79 Å². The summed E-state index contributed by atoms with van der Waals surface area (Å²) in [5, 5.41) is 16.6. The van der Waals surface area contributed by atoms with Crippen LogP contribution < -0.4 is 10.6 Å². The molecular formula is C17H16Cl3N3O3. The van der Waals surface area contributed by atoms with Gasteiger partial charge in [0.05, 0.1) is 4.92 Å². The van der Waals surface area contributed by atoms with Gasteiger partial charge in [0.25, 0.3) is 11.6 Å². The lowest BCUT2D eigenvalue weighted by Gasteiger charge is -2.28. The van der Waals surface area contributed by atoms with Crippen LogP contribution in [-0.4, -0.2) is 20.8 Å². The summed E-state index contributed by atoms with van der Waals surface area (Å²) >= 11 is 18.0. The second-order valence-corrected chi connectivity index (χ2v) is 8.05. The molecule has 138 valence electrons. The van der Waals surface area contributed by atoms with Crippen molar-refractivity contribution in [1.29, 1.82) is 0 Å². The van der Waals surface area contributed by atoms with Crippen LogP contribution >= 0.6 is 34.8 Å². The van der Waals surface area contributed by atoms with Crippen LogP contribution in [0.1, 0.15) is 21.5 Å². The summed E-state index contributed by atoms with van der Waals surface area (Å²) in [6.45, 7) is 3.77. The van der Waals surface area contributed by atoms with Gasteiger partial charge in [0.1, 0.15) is 11.7 Å². The molecule has 2 N–H and O–H groups in total. The number of alkyl halides is 3. The first-order valence-corrected chi connectivity index (χ1v) is 8.68. The van der Waals surface area contributed by atoms with Crippen LogP contribution in [0.2, 0.25) is 0 Å². The molecule has 2 rings (SSSR count). The highest BCUT2D eigenvalue weighted by atomic mass is 35.6. The molecule has 0 spiro atoms. The van der Waals surface area contributed by atoms with E-state index in [0.29, 0.717) is 5.69 Å². The fourth-order valence-electron chi connectivity index (χ4n) is 2.28. The minimum atomic E-state index is -1.89. The van der Waals surface area contributed by atoms with Crippen LogP contribution in [0.25, 0.3) is 0 Å². The van der Waals surface area contributed by atoms with Crippen LogP contribution in [0.15, 0.2) is 42.5 Å². The minimum Gasteiger partial charge on any atom is -0.362 e. The number of hydrogen-bond donors (Lipinski definition) is 2. The zero-order valence-corrected chi connectivity index (χ0v) is 16.2. The van der Waals surface area contributed by atoms with Crippen molar-refractivity contribution in [2.45, 2.75) is 23.8 Å². The molecule has 1 amide bonds. The van der Waals surface area contributed by atoms with Crippen molar-refractivity contribution >= 4 is 52.1 Å². The Labute approximate surface area is 165 Å². The monoisotopic (exact) mass is 415 g/mol. The maximum atomic E-state index is 12.5. The van der Waals surface area contributed by atoms with Crippen molar-refractivity contribution in [2.24, 2.45) is 0 Å². The number of carbonyl (C=O) groups is 1. The van der Waals surface area contributed by atoms with Crippen LogP contribution in [-0.2, 0) is 0 Å². The number of carbonyl (C=O) groups excluding carboxylic acids is 1. The molecular weight excluding hydrogens is 401 g/mol. The number of halogens is 3. The number of nitro benzene ring substituents is 1. The third-order valence-electron chi connectivity index (χ3n) is 3.64. The average Bonchev–Trinajstić information content (AvgIpc) is 2.56. The smallest absolute Gasteiger partial charge is 0.282 e. The average molecular weight is 417 g/mol. The number of nitrogens with zero attached hydrogens (tertiary/aromatic N) is 1. The Balaban J connectivity index is 2.31. The van der Waals surface area contributed by atoms with Gasteiger partial charge in [-0.15, -0.1) is 0 Å². The number of rotatable bonds is 5. The third-order valence-corrected chi connectivity index (χ3v) is 4.30. The second-order valence-electron chi connectivity index (χ2n) is 5.69. The standard InChI is InChI=1S/C17H16Cl3N3O3/c1-10-7-8-11(2)13(9-10)21-16(17(18,19)20)22-15(24)12-5-3-4-6-14(12)23(25)26/h3-9,16,21H,1-2H3,(H,22,24). The number of nitrogens with one attached hydrogen (secondary N) is 2. The predicted octanol–water partition coefficient (Wildman–Crippen LogP) is 4.75. The summed E-state index contributed by atoms with van der Waals surface area (Å²) in [6.07, 6.45) is -1.11. The number of amides is 1. The van der Waals surface area contributed by atoms with E-state index >= 15 is 0 Å². The fourth-order valence-corrected chi connectivity index (χ4v) is 2.61.